The van der Waals surface area contributed by atoms with Gasteiger partial charge in [0.25, 0.3) is 0 Å². The molecule has 0 aromatic heterocycles. The minimum Gasteiger partial charge on any atom is -0.425 e. The molecule has 4 aromatic carbocycles. The van der Waals surface area contributed by atoms with Crippen molar-refractivity contribution < 1.29 is 14.3 Å². The first-order valence-electron chi connectivity index (χ1n) is 12.0. The second-order valence-corrected chi connectivity index (χ2v) is 11.5. The van der Waals surface area contributed by atoms with Gasteiger partial charge in [-0.3, -0.25) is 4.79 Å². The third-order valence-corrected chi connectivity index (χ3v) is 9.17. The Morgan fingerprint density at radius 3 is 1.84 bits per heavy atom. The second kappa shape index (κ2) is 12.2. The standard InChI is InChI=1S/C31H29ClNO3P/c1-22-10-4-7-13-27(22)37(28-14-8-5-11-23(28)2)29-15-9-6-12-26(29)36-31(35)21-33(3)30(34)20-24-16-18-25(32)19-17-24/h4-19H,20-21H2,1-3H3. The minimum atomic E-state index is -0.977. The van der Waals surface area contributed by atoms with E-state index in [2.05, 4.69) is 38.1 Å². The maximum atomic E-state index is 13.0. The van der Waals surface area contributed by atoms with Crippen molar-refractivity contribution in [2.24, 2.45) is 0 Å². The molecule has 0 radical (unpaired) electrons. The Balaban J connectivity index is 1.57. The molecule has 0 unspecified atom stereocenters. The molecule has 0 aliphatic heterocycles. The molecule has 1 amide bonds. The largest absolute Gasteiger partial charge is 0.425 e. The topological polar surface area (TPSA) is 46.6 Å². The molecule has 0 saturated carbocycles. The summed E-state index contributed by atoms with van der Waals surface area (Å²) in [5.41, 5.74) is 3.21. The van der Waals surface area contributed by atoms with E-state index in [1.165, 1.54) is 26.6 Å². The van der Waals surface area contributed by atoms with E-state index in [-0.39, 0.29) is 18.9 Å². The number of nitrogens with zero attached hydrogens (tertiary/aromatic N) is 1. The number of halogens is 1. The molecule has 0 bridgehead atoms. The molecule has 37 heavy (non-hydrogen) atoms. The Bertz CT molecular complexity index is 1360. The van der Waals surface area contributed by atoms with Gasteiger partial charge >= 0.3 is 5.97 Å². The van der Waals surface area contributed by atoms with Crippen LogP contribution in [0.15, 0.2) is 97.1 Å². The molecule has 0 aliphatic rings. The molecular formula is C31H29ClNO3P. The molecule has 4 nitrogen and oxygen atoms in total. The fourth-order valence-electron chi connectivity index (χ4n) is 4.09. The van der Waals surface area contributed by atoms with Gasteiger partial charge in [0.15, 0.2) is 0 Å². The van der Waals surface area contributed by atoms with Crippen LogP contribution in [0.4, 0.5) is 0 Å². The molecule has 0 atom stereocenters. The first-order valence-corrected chi connectivity index (χ1v) is 13.7. The van der Waals surface area contributed by atoms with Crippen LogP contribution in [-0.2, 0) is 16.0 Å². The monoisotopic (exact) mass is 529 g/mol. The maximum Gasteiger partial charge on any atom is 0.331 e. The summed E-state index contributed by atoms with van der Waals surface area (Å²) in [6, 6.07) is 31.5. The van der Waals surface area contributed by atoms with Gasteiger partial charge in [-0.25, -0.2) is 4.79 Å². The average Bonchev–Trinajstić information content (AvgIpc) is 2.88. The SMILES string of the molecule is Cc1ccccc1P(c1ccccc1C)c1ccccc1OC(=O)CN(C)C(=O)Cc1ccc(Cl)cc1. The number of hydrogen-bond acceptors (Lipinski definition) is 3. The first kappa shape index (κ1) is 26.6. The molecule has 0 heterocycles. The summed E-state index contributed by atoms with van der Waals surface area (Å²) in [6.07, 6.45) is 0.184. The van der Waals surface area contributed by atoms with E-state index in [4.69, 9.17) is 16.3 Å². The number of benzene rings is 4. The number of hydrogen-bond donors (Lipinski definition) is 0. The summed E-state index contributed by atoms with van der Waals surface area (Å²) in [7, 11) is 0.634. The smallest absolute Gasteiger partial charge is 0.331 e. The van der Waals surface area contributed by atoms with Crippen molar-refractivity contribution in [3.63, 3.8) is 0 Å². The van der Waals surface area contributed by atoms with Crippen LogP contribution in [0.3, 0.4) is 0 Å². The van der Waals surface area contributed by atoms with E-state index in [0.29, 0.717) is 10.8 Å². The lowest BCUT2D eigenvalue weighted by Gasteiger charge is -2.25. The lowest BCUT2D eigenvalue weighted by molar-refractivity contribution is -0.141. The lowest BCUT2D eigenvalue weighted by atomic mass is 10.1. The van der Waals surface area contributed by atoms with Crippen molar-refractivity contribution in [2.75, 3.05) is 13.6 Å². The van der Waals surface area contributed by atoms with E-state index >= 15 is 0 Å². The van der Waals surface area contributed by atoms with Gasteiger partial charge in [0.1, 0.15) is 12.3 Å². The number of ether oxygens (including phenoxy) is 1. The van der Waals surface area contributed by atoms with Crippen LogP contribution in [0, 0.1) is 13.8 Å². The Morgan fingerprint density at radius 2 is 1.27 bits per heavy atom. The number of likely N-dealkylation sites (N-methyl/N-ethyl adjacent to an activating group) is 1. The van der Waals surface area contributed by atoms with Crippen LogP contribution in [0.25, 0.3) is 0 Å². The highest BCUT2D eigenvalue weighted by atomic mass is 35.5. The van der Waals surface area contributed by atoms with Crippen LogP contribution < -0.4 is 20.7 Å². The molecule has 4 rings (SSSR count). The minimum absolute atomic E-state index is 0.145. The third kappa shape index (κ3) is 6.65. The van der Waals surface area contributed by atoms with Crippen LogP contribution in [0.2, 0.25) is 5.02 Å². The van der Waals surface area contributed by atoms with Crippen molar-refractivity contribution in [2.45, 2.75) is 20.3 Å². The Labute approximate surface area is 224 Å². The normalized spacial score (nSPS) is 10.8. The number of carbonyl (C=O) groups is 2. The first-order chi connectivity index (χ1) is 17.8. The van der Waals surface area contributed by atoms with Crippen molar-refractivity contribution in [3.05, 3.63) is 119 Å². The van der Waals surface area contributed by atoms with E-state index < -0.39 is 13.9 Å². The summed E-state index contributed by atoms with van der Waals surface area (Å²) in [6.45, 7) is 4.07. The number of rotatable bonds is 8. The van der Waals surface area contributed by atoms with Gasteiger partial charge in [-0.2, -0.15) is 0 Å². The van der Waals surface area contributed by atoms with Crippen LogP contribution in [-0.4, -0.2) is 30.4 Å². The highest BCUT2D eigenvalue weighted by Crippen LogP contribution is 2.38. The number of carbonyl (C=O) groups excluding carboxylic acids is 2. The van der Waals surface area contributed by atoms with Gasteiger partial charge < -0.3 is 9.64 Å². The van der Waals surface area contributed by atoms with Gasteiger partial charge in [0.05, 0.1) is 6.42 Å². The van der Waals surface area contributed by atoms with Gasteiger partial charge in [0.2, 0.25) is 5.91 Å². The summed E-state index contributed by atoms with van der Waals surface area (Å²) < 4.78 is 5.90. The van der Waals surface area contributed by atoms with Gasteiger partial charge in [-0.05, 0) is 67.3 Å². The zero-order valence-electron chi connectivity index (χ0n) is 21.1. The summed E-state index contributed by atoms with van der Waals surface area (Å²) in [4.78, 5) is 27.1. The fraction of sp³-hybridized carbons (Fsp3) is 0.161. The quantitative estimate of drug-likeness (QED) is 0.176. The molecule has 0 aliphatic carbocycles. The van der Waals surface area contributed by atoms with E-state index in [0.717, 1.165) is 10.9 Å². The summed E-state index contributed by atoms with van der Waals surface area (Å²) in [5, 5.41) is 4.00. The predicted molar refractivity (Wildman–Crippen MR) is 153 cm³/mol. The predicted octanol–water partition coefficient (Wildman–Crippen LogP) is 5.32. The lowest BCUT2D eigenvalue weighted by Crippen LogP contribution is -2.35. The number of aryl methyl sites for hydroxylation is 2. The van der Waals surface area contributed by atoms with Gasteiger partial charge in [-0.15, -0.1) is 0 Å². The van der Waals surface area contributed by atoms with E-state index in [1.54, 1.807) is 19.2 Å². The molecule has 4 aromatic rings. The number of amides is 1. The number of esters is 1. The van der Waals surface area contributed by atoms with Crippen molar-refractivity contribution in [3.8, 4) is 5.75 Å². The third-order valence-electron chi connectivity index (χ3n) is 6.10. The zero-order chi connectivity index (χ0) is 26.4. The average molecular weight is 530 g/mol. The Morgan fingerprint density at radius 1 is 0.757 bits per heavy atom. The Hall–Kier alpha value is -3.46. The zero-order valence-corrected chi connectivity index (χ0v) is 22.8. The van der Waals surface area contributed by atoms with Gasteiger partial charge in [-0.1, -0.05) is 90.5 Å². The maximum absolute atomic E-state index is 13.0. The Kier molecular flexibility index (Phi) is 8.76. The highest BCUT2D eigenvalue weighted by molar-refractivity contribution is 7.80. The van der Waals surface area contributed by atoms with Crippen LogP contribution >= 0.6 is 19.5 Å². The molecule has 0 spiro atoms. The van der Waals surface area contributed by atoms with E-state index in [9.17, 15) is 9.59 Å². The molecule has 0 N–H and O–H groups in total. The molecule has 0 fully saturated rings. The van der Waals surface area contributed by atoms with Crippen molar-refractivity contribution >= 4 is 47.3 Å². The van der Waals surface area contributed by atoms with E-state index in [1.807, 2.05) is 60.7 Å². The van der Waals surface area contributed by atoms with Crippen molar-refractivity contribution in [1.82, 2.24) is 4.90 Å². The fourth-order valence-corrected chi connectivity index (χ4v) is 6.90. The highest BCUT2D eigenvalue weighted by Gasteiger charge is 2.24. The van der Waals surface area contributed by atoms with Gasteiger partial charge in [0, 0.05) is 17.4 Å². The van der Waals surface area contributed by atoms with Crippen LogP contribution in [0.1, 0.15) is 16.7 Å². The number of para-hydroxylation sites is 1. The molecular weight excluding hydrogens is 501 g/mol. The van der Waals surface area contributed by atoms with Crippen LogP contribution in [0.5, 0.6) is 5.75 Å². The molecule has 188 valence electrons. The van der Waals surface area contributed by atoms with Crippen molar-refractivity contribution in [1.29, 1.82) is 0 Å². The molecule has 6 heteroatoms. The second-order valence-electron chi connectivity index (χ2n) is 8.90. The summed E-state index contributed by atoms with van der Waals surface area (Å²) in [5.74, 6) is -0.137. The molecule has 0 saturated heterocycles. The summed E-state index contributed by atoms with van der Waals surface area (Å²) >= 11 is 5.93.